The van der Waals surface area contributed by atoms with E-state index in [0.717, 1.165) is 0 Å². The van der Waals surface area contributed by atoms with E-state index < -0.39 is 5.97 Å². The van der Waals surface area contributed by atoms with E-state index in [-0.39, 0.29) is 12.6 Å². The number of carbonyl (C=O) groups excluding carboxylic acids is 2. The van der Waals surface area contributed by atoms with Crippen LogP contribution in [0.2, 0.25) is 0 Å². The summed E-state index contributed by atoms with van der Waals surface area (Å²) in [5, 5.41) is 0. The second kappa shape index (κ2) is 5.46. The van der Waals surface area contributed by atoms with E-state index in [0.29, 0.717) is 0 Å². The van der Waals surface area contributed by atoms with Crippen molar-refractivity contribution in [3.05, 3.63) is 12.3 Å². The average Bonchev–Trinajstić information content (AvgIpc) is 1.85. The average molecular weight is 158 g/mol. The van der Waals surface area contributed by atoms with E-state index in [1.165, 1.54) is 26.2 Å². The molecule has 0 rings (SSSR count). The predicted octanol–water partition coefficient (Wildman–Crippen LogP) is 0.626. The van der Waals surface area contributed by atoms with Crippen LogP contribution in [0.3, 0.4) is 0 Å². The van der Waals surface area contributed by atoms with Gasteiger partial charge < -0.3 is 9.47 Å². The van der Waals surface area contributed by atoms with E-state index in [9.17, 15) is 9.59 Å². The van der Waals surface area contributed by atoms with Crippen molar-refractivity contribution in [2.24, 2.45) is 0 Å². The van der Waals surface area contributed by atoms with E-state index in [2.05, 4.69) is 9.47 Å². The molecular weight excluding hydrogens is 148 g/mol. The van der Waals surface area contributed by atoms with Crippen molar-refractivity contribution in [1.82, 2.24) is 0 Å². The van der Waals surface area contributed by atoms with Crippen LogP contribution in [-0.4, -0.2) is 18.5 Å². The minimum Gasteiger partial charge on any atom is -0.462 e. The first-order chi connectivity index (χ1) is 5.13. The first-order valence-corrected chi connectivity index (χ1v) is 3.08. The summed E-state index contributed by atoms with van der Waals surface area (Å²) in [7, 11) is 0. The van der Waals surface area contributed by atoms with Crippen molar-refractivity contribution < 1.29 is 19.1 Å². The molecule has 0 unspecified atom stereocenters. The number of ether oxygens (including phenoxy) is 2. The van der Waals surface area contributed by atoms with E-state index in [1.807, 2.05) is 0 Å². The third-order valence-corrected chi connectivity index (χ3v) is 0.713. The molecule has 4 nitrogen and oxygen atoms in total. The fourth-order valence-electron chi connectivity index (χ4n) is 0.349. The Morgan fingerprint density at radius 2 is 1.91 bits per heavy atom. The molecule has 0 bridgehead atoms. The Morgan fingerprint density at radius 3 is 2.36 bits per heavy atom. The highest BCUT2D eigenvalue weighted by Gasteiger charge is 1.87. The summed E-state index contributed by atoms with van der Waals surface area (Å²) in [5.41, 5.74) is 0. The Hall–Kier alpha value is -1.32. The molecule has 0 saturated heterocycles. The van der Waals surface area contributed by atoms with Crippen LogP contribution >= 0.6 is 0 Å². The molecule has 62 valence electrons. The van der Waals surface area contributed by atoms with Gasteiger partial charge in [-0.3, -0.25) is 9.59 Å². The first kappa shape index (κ1) is 9.68. The maximum atomic E-state index is 10.2. The number of carbonyl (C=O) groups is 2. The maximum Gasteiger partial charge on any atom is 0.307 e. The SMILES string of the molecule is CC(=O)O/C=C/COC(C)=O. The number of hydrogen-bond donors (Lipinski definition) is 0. The van der Waals surface area contributed by atoms with Gasteiger partial charge in [0.25, 0.3) is 0 Å². The Kier molecular flexibility index (Phi) is 4.81. The van der Waals surface area contributed by atoms with Crippen molar-refractivity contribution in [3.63, 3.8) is 0 Å². The summed E-state index contributed by atoms with van der Waals surface area (Å²) < 4.78 is 8.92. The zero-order valence-electron chi connectivity index (χ0n) is 6.49. The van der Waals surface area contributed by atoms with Crippen molar-refractivity contribution >= 4 is 11.9 Å². The number of hydrogen-bond acceptors (Lipinski definition) is 4. The lowest BCUT2D eigenvalue weighted by Gasteiger charge is -1.94. The maximum absolute atomic E-state index is 10.2. The van der Waals surface area contributed by atoms with Gasteiger partial charge in [-0.15, -0.1) is 0 Å². The van der Waals surface area contributed by atoms with Crippen molar-refractivity contribution in [1.29, 1.82) is 0 Å². The monoisotopic (exact) mass is 158 g/mol. The molecule has 0 aliphatic rings. The molecule has 0 aliphatic heterocycles. The smallest absolute Gasteiger partial charge is 0.307 e. The van der Waals surface area contributed by atoms with Gasteiger partial charge in [-0.1, -0.05) is 0 Å². The molecule has 0 amide bonds. The minimum absolute atomic E-state index is 0.128. The van der Waals surface area contributed by atoms with Gasteiger partial charge in [-0.25, -0.2) is 0 Å². The van der Waals surface area contributed by atoms with Gasteiger partial charge >= 0.3 is 11.9 Å². The molecule has 0 aromatic carbocycles. The quantitative estimate of drug-likeness (QED) is 0.446. The van der Waals surface area contributed by atoms with Gasteiger partial charge in [0.15, 0.2) is 0 Å². The Morgan fingerprint density at radius 1 is 1.27 bits per heavy atom. The zero-order valence-corrected chi connectivity index (χ0v) is 6.49. The van der Waals surface area contributed by atoms with Gasteiger partial charge in [-0.2, -0.15) is 0 Å². The molecule has 0 aliphatic carbocycles. The third-order valence-electron chi connectivity index (χ3n) is 0.713. The van der Waals surface area contributed by atoms with Crippen LogP contribution in [0.4, 0.5) is 0 Å². The highest BCUT2D eigenvalue weighted by atomic mass is 16.5. The predicted molar refractivity (Wildman–Crippen MR) is 37.5 cm³/mol. The molecule has 0 radical (unpaired) electrons. The van der Waals surface area contributed by atoms with Gasteiger partial charge in [-0.05, 0) is 6.08 Å². The van der Waals surface area contributed by atoms with Gasteiger partial charge in [0.05, 0.1) is 6.26 Å². The lowest BCUT2D eigenvalue weighted by Crippen LogP contribution is -1.98. The van der Waals surface area contributed by atoms with E-state index in [4.69, 9.17) is 0 Å². The molecule has 0 N–H and O–H groups in total. The number of esters is 2. The van der Waals surface area contributed by atoms with Crippen LogP contribution in [0, 0.1) is 0 Å². The van der Waals surface area contributed by atoms with Crippen LogP contribution in [0.25, 0.3) is 0 Å². The molecule has 0 atom stereocenters. The van der Waals surface area contributed by atoms with Crippen molar-refractivity contribution in [2.75, 3.05) is 6.61 Å². The van der Waals surface area contributed by atoms with Crippen molar-refractivity contribution in [3.8, 4) is 0 Å². The lowest BCUT2D eigenvalue weighted by atomic mass is 10.6. The molecule has 0 saturated carbocycles. The summed E-state index contributed by atoms with van der Waals surface area (Å²) >= 11 is 0. The molecule has 0 aromatic heterocycles. The fourth-order valence-corrected chi connectivity index (χ4v) is 0.349. The fraction of sp³-hybridized carbons (Fsp3) is 0.429. The summed E-state index contributed by atoms with van der Waals surface area (Å²) in [6, 6.07) is 0. The van der Waals surface area contributed by atoms with Gasteiger partial charge in [0, 0.05) is 13.8 Å². The normalized spacial score (nSPS) is 9.64. The third kappa shape index (κ3) is 8.68. The highest BCUT2D eigenvalue weighted by molar-refractivity contribution is 5.66. The van der Waals surface area contributed by atoms with Gasteiger partial charge in [0.2, 0.25) is 0 Å². The summed E-state index contributed by atoms with van der Waals surface area (Å²) in [6.45, 7) is 2.72. The lowest BCUT2D eigenvalue weighted by molar-refractivity contribution is -0.139. The summed E-state index contributed by atoms with van der Waals surface area (Å²) in [5.74, 6) is -0.762. The van der Waals surface area contributed by atoms with E-state index >= 15 is 0 Å². The molecular formula is C7H10O4. The highest BCUT2D eigenvalue weighted by Crippen LogP contribution is 1.81. The Balaban J connectivity index is 3.30. The van der Waals surface area contributed by atoms with E-state index in [1.54, 1.807) is 0 Å². The zero-order chi connectivity index (χ0) is 8.69. The molecule has 0 spiro atoms. The summed E-state index contributed by atoms with van der Waals surface area (Å²) in [6.07, 6.45) is 2.62. The first-order valence-electron chi connectivity index (χ1n) is 3.08. The van der Waals surface area contributed by atoms with Crippen LogP contribution in [0.15, 0.2) is 12.3 Å². The van der Waals surface area contributed by atoms with Crippen LogP contribution < -0.4 is 0 Å². The van der Waals surface area contributed by atoms with Crippen LogP contribution in [0.5, 0.6) is 0 Å². The Labute approximate surface area is 64.8 Å². The molecule has 0 heterocycles. The number of rotatable bonds is 3. The van der Waals surface area contributed by atoms with Gasteiger partial charge in [0.1, 0.15) is 6.61 Å². The molecule has 0 aromatic rings. The second-order valence-electron chi connectivity index (χ2n) is 1.78. The largest absolute Gasteiger partial charge is 0.462 e. The standard InChI is InChI=1S/C7H10O4/c1-6(8)10-4-3-5-11-7(2)9/h3-4H,5H2,1-2H3/b4-3+. The van der Waals surface area contributed by atoms with Crippen LogP contribution in [0.1, 0.15) is 13.8 Å². The van der Waals surface area contributed by atoms with Crippen molar-refractivity contribution in [2.45, 2.75) is 13.8 Å². The second-order valence-corrected chi connectivity index (χ2v) is 1.78. The molecule has 0 fully saturated rings. The minimum atomic E-state index is -0.399. The van der Waals surface area contributed by atoms with Crippen LogP contribution in [-0.2, 0) is 19.1 Å². The summed E-state index contributed by atoms with van der Waals surface area (Å²) in [4.78, 5) is 20.3. The Bertz CT molecular complexity index is 171. The molecule has 11 heavy (non-hydrogen) atoms. The molecule has 4 heteroatoms. The topological polar surface area (TPSA) is 52.6 Å².